The van der Waals surface area contributed by atoms with Gasteiger partial charge in [-0.15, -0.1) is 0 Å². The van der Waals surface area contributed by atoms with E-state index in [2.05, 4.69) is 32.4 Å². The lowest BCUT2D eigenvalue weighted by Gasteiger charge is -2.06. The van der Waals surface area contributed by atoms with Crippen molar-refractivity contribution < 1.29 is 0 Å². The van der Waals surface area contributed by atoms with Crippen molar-refractivity contribution >= 4 is 38.6 Å². The lowest BCUT2D eigenvalue weighted by molar-refractivity contribution is 0.595. The zero-order valence-electron chi connectivity index (χ0n) is 8.24. The Labute approximate surface area is 101 Å². The fraction of sp³-hybridized carbons (Fsp3) is 0.364. The number of fused-ring (bicyclic) bond motifs is 3. The maximum absolute atomic E-state index is 6.01. The van der Waals surface area contributed by atoms with E-state index in [0.717, 1.165) is 28.3 Å². The average molecular weight is 286 g/mol. The lowest BCUT2D eigenvalue weighted by Crippen LogP contribution is -1.97. The summed E-state index contributed by atoms with van der Waals surface area (Å²) in [5.41, 5.74) is 2.18. The molecular weight excluding hydrogens is 275 g/mol. The van der Waals surface area contributed by atoms with Crippen molar-refractivity contribution in [3.8, 4) is 0 Å². The van der Waals surface area contributed by atoms with Crippen LogP contribution in [-0.2, 0) is 0 Å². The molecule has 3 rings (SSSR count). The molecular formula is C11H10BrClN2. The summed E-state index contributed by atoms with van der Waals surface area (Å²) in [4.78, 5) is 5.00. The van der Waals surface area contributed by atoms with Crippen molar-refractivity contribution in [2.24, 2.45) is 0 Å². The van der Waals surface area contributed by atoms with Gasteiger partial charge in [0.05, 0.1) is 15.9 Å². The SMILES string of the molecule is C[C@H]1C[C@H](Br)c2nc3ccc(Cl)cc3n21. The van der Waals surface area contributed by atoms with Gasteiger partial charge >= 0.3 is 0 Å². The van der Waals surface area contributed by atoms with Crippen LogP contribution in [0.3, 0.4) is 0 Å². The standard InChI is InChI=1S/C11H10BrClN2/c1-6-4-8(12)11-14-9-3-2-7(13)5-10(9)15(6)11/h2-3,5-6,8H,4H2,1H3/t6-,8-/m0/s1. The fourth-order valence-electron chi connectivity index (χ4n) is 2.28. The number of aromatic nitrogens is 2. The number of hydrogen-bond donors (Lipinski definition) is 0. The molecule has 0 amide bonds. The van der Waals surface area contributed by atoms with Crippen LogP contribution in [0.4, 0.5) is 0 Å². The Morgan fingerprint density at radius 3 is 3.13 bits per heavy atom. The Hall–Kier alpha value is -0.540. The van der Waals surface area contributed by atoms with E-state index in [9.17, 15) is 0 Å². The van der Waals surface area contributed by atoms with Gasteiger partial charge in [0.25, 0.3) is 0 Å². The summed E-state index contributed by atoms with van der Waals surface area (Å²) in [6.45, 7) is 2.22. The second kappa shape index (κ2) is 3.22. The van der Waals surface area contributed by atoms with Crippen molar-refractivity contribution in [1.29, 1.82) is 0 Å². The minimum atomic E-state index is 0.374. The van der Waals surface area contributed by atoms with E-state index in [1.54, 1.807) is 0 Å². The molecule has 4 heteroatoms. The number of rotatable bonds is 0. The molecule has 1 aliphatic rings. The average Bonchev–Trinajstić information content (AvgIpc) is 2.67. The highest BCUT2D eigenvalue weighted by Gasteiger charge is 2.29. The Morgan fingerprint density at radius 2 is 2.33 bits per heavy atom. The van der Waals surface area contributed by atoms with Crippen molar-refractivity contribution in [2.75, 3.05) is 0 Å². The van der Waals surface area contributed by atoms with Crippen LogP contribution in [0.2, 0.25) is 5.02 Å². The maximum Gasteiger partial charge on any atom is 0.124 e. The Kier molecular flexibility index (Phi) is 2.08. The third-order valence-electron chi connectivity index (χ3n) is 2.95. The molecule has 1 aromatic carbocycles. The van der Waals surface area contributed by atoms with Gasteiger partial charge in [0, 0.05) is 11.1 Å². The third kappa shape index (κ3) is 1.33. The quantitative estimate of drug-likeness (QED) is 0.667. The number of hydrogen-bond acceptors (Lipinski definition) is 1. The Morgan fingerprint density at radius 1 is 1.53 bits per heavy atom. The van der Waals surface area contributed by atoms with Gasteiger partial charge in [-0.25, -0.2) is 4.98 Å². The molecule has 0 spiro atoms. The van der Waals surface area contributed by atoms with E-state index >= 15 is 0 Å². The summed E-state index contributed by atoms with van der Waals surface area (Å²) in [5, 5.41) is 0.774. The molecule has 0 fully saturated rings. The Balaban J connectivity index is 2.36. The first-order chi connectivity index (χ1) is 7.16. The topological polar surface area (TPSA) is 17.8 Å². The molecule has 0 saturated heterocycles. The van der Waals surface area contributed by atoms with E-state index in [1.807, 2.05) is 18.2 Å². The molecule has 2 aromatic rings. The summed E-state index contributed by atoms with van der Waals surface area (Å²) >= 11 is 9.67. The number of imidazole rings is 1. The number of benzene rings is 1. The first-order valence-electron chi connectivity index (χ1n) is 4.98. The van der Waals surface area contributed by atoms with Gasteiger partial charge in [0.2, 0.25) is 0 Å². The summed E-state index contributed by atoms with van der Waals surface area (Å²) in [6, 6.07) is 6.36. The van der Waals surface area contributed by atoms with Gasteiger partial charge in [-0.1, -0.05) is 27.5 Å². The second-order valence-electron chi connectivity index (χ2n) is 4.03. The van der Waals surface area contributed by atoms with Crippen LogP contribution in [0.25, 0.3) is 11.0 Å². The highest BCUT2D eigenvalue weighted by molar-refractivity contribution is 9.09. The van der Waals surface area contributed by atoms with Gasteiger partial charge in [0.15, 0.2) is 0 Å². The molecule has 0 unspecified atom stereocenters. The van der Waals surface area contributed by atoms with Crippen LogP contribution >= 0.6 is 27.5 Å². The van der Waals surface area contributed by atoms with Crippen LogP contribution in [0.15, 0.2) is 18.2 Å². The minimum Gasteiger partial charge on any atom is -0.324 e. The highest BCUT2D eigenvalue weighted by Crippen LogP contribution is 2.42. The van der Waals surface area contributed by atoms with E-state index in [0.29, 0.717) is 10.9 Å². The predicted molar refractivity (Wildman–Crippen MR) is 65.7 cm³/mol. The smallest absolute Gasteiger partial charge is 0.124 e. The molecule has 0 saturated carbocycles. The Bertz CT molecular complexity index is 535. The van der Waals surface area contributed by atoms with E-state index < -0.39 is 0 Å². The largest absolute Gasteiger partial charge is 0.324 e. The molecule has 0 N–H and O–H groups in total. The van der Waals surface area contributed by atoms with Crippen LogP contribution in [0, 0.1) is 0 Å². The number of halogens is 2. The zero-order valence-corrected chi connectivity index (χ0v) is 10.6. The highest BCUT2D eigenvalue weighted by atomic mass is 79.9. The van der Waals surface area contributed by atoms with E-state index in [-0.39, 0.29) is 0 Å². The van der Waals surface area contributed by atoms with Gasteiger partial charge in [-0.05, 0) is 31.5 Å². The number of nitrogens with zero attached hydrogens (tertiary/aromatic N) is 2. The molecule has 0 bridgehead atoms. The van der Waals surface area contributed by atoms with Gasteiger partial charge in [-0.2, -0.15) is 0 Å². The predicted octanol–water partition coefficient (Wildman–Crippen LogP) is 4.09. The molecule has 78 valence electrons. The first kappa shape index (κ1) is 9.67. The molecule has 0 aliphatic carbocycles. The maximum atomic E-state index is 6.01. The second-order valence-corrected chi connectivity index (χ2v) is 5.57. The molecule has 15 heavy (non-hydrogen) atoms. The van der Waals surface area contributed by atoms with Crippen molar-refractivity contribution in [2.45, 2.75) is 24.2 Å². The fourth-order valence-corrected chi connectivity index (χ4v) is 3.31. The van der Waals surface area contributed by atoms with E-state index in [1.165, 1.54) is 0 Å². The third-order valence-corrected chi connectivity index (χ3v) is 3.97. The monoisotopic (exact) mass is 284 g/mol. The molecule has 0 radical (unpaired) electrons. The molecule has 2 atom stereocenters. The lowest BCUT2D eigenvalue weighted by atomic mass is 10.2. The van der Waals surface area contributed by atoms with Gasteiger partial charge in [0.1, 0.15) is 5.82 Å². The van der Waals surface area contributed by atoms with Crippen molar-refractivity contribution in [3.63, 3.8) is 0 Å². The summed E-state index contributed by atoms with van der Waals surface area (Å²) in [7, 11) is 0. The van der Waals surface area contributed by atoms with Crippen molar-refractivity contribution in [3.05, 3.63) is 29.0 Å². The van der Waals surface area contributed by atoms with Gasteiger partial charge in [-0.3, -0.25) is 0 Å². The summed E-state index contributed by atoms with van der Waals surface area (Å²) < 4.78 is 2.28. The first-order valence-corrected chi connectivity index (χ1v) is 6.27. The molecule has 2 nitrogen and oxygen atoms in total. The molecule has 2 heterocycles. The van der Waals surface area contributed by atoms with Crippen LogP contribution in [0.5, 0.6) is 0 Å². The van der Waals surface area contributed by atoms with Crippen LogP contribution < -0.4 is 0 Å². The summed E-state index contributed by atoms with van der Waals surface area (Å²) in [5.74, 6) is 1.12. The number of alkyl halides is 1. The van der Waals surface area contributed by atoms with Crippen LogP contribution in [-0.4, -0.2) is 9.55 Å². The zero-order chi connectivity index (χ0) is 10.6. The van der Waals surface area contributed by atoms with E-state index in [4.69, 9.17) is 11.6 Å². The molecule has 1 aliphatic heterocycles. The summed E-state index contributed by atoms with van der Waals surface area (Å²) in [6.07, 6.45) is 1.10. The minimum absolute atomic E-state index is 0.374. The normalized spacial score (nSPS) is 24.7. The molecule has 1 aromatic heterocycles. The van der Waals surface area contributed by atoms with Crippen LogP contribution in [0.1, 0.15) is 30.0 Å². The van der Waals surface area contributed by atoms with Gasteiger partial charge < -0.3 is 4.57 Å². The van der Waals surface area contributed by atoms with Crippen molar-refractivity contribution in [1.82, 2.24) is 9.55 Å².